The van der Waals surface area contributed by atoms with E-state index in [1.807, 2.05) is 0 Å². The van der Waals surface area contributed by atoms with Crippen LogP contribution in [0.2, 0.25) is 0 Å². The highest BCUT2D eigenvalue weighted by Crippen LogP contribution is 2.45. The maximum Gasteiger partial charge on any atom is 0.340 e. The first kappa shape index (κ1) is 16.9. The van der Waals surface area contributed by atoms with Gasteiger partial charge in [-0.1, -0.05) is 0 Å². The van der Waals surface area contributed by atoms with Gasteiger partial charge in [0.25, 0.3) is 0 Å². The minimum Gasteiger partial charge on any atom is -0.377 e. The van der Waals surface area contributed by atoms with Gasteiger partial charge in [-0.25, -0.2) is 23.4 Å². The largest absolute Gasteiger partial charge is 0.377 e. The highest BCUT2D eigenvalue weighted by Gasteiger charge is 2.59. The molecule has 0 bridgehead atoms. The predicted molar refractivity (Wildman–Crippen MR) is 74.0 cm³/mol. The van der Waals surface area contributed by atoms with Crippen molar-refractivity contribution >= 4 is 0 Å². The molecule has 1 unspecified atom stereocenters. The Balaban J connectivity index is 2.18. The highest BCUT2D eigenvalue weighted by molar-refractivity contribution is 5.29. The van der Waals surface area contributed by atoms with Crippen molar-refractivity contribution in [2.75, 3.05) is 0 Å². The maximum atomic E-state index is 15.0. The van der Waals surface area contributed by atoms with E-state index in [9.17, 15) is 13.9 Å². The molecule has 2 heterocycles. The van der Waals surface area contributed by atoms with E-state index in [0.29, 0.717) is 6.07 Å². The van der Waals surface area contributed by atoms with Gasteiger partial charge < -0.3 is 5.11 Å². The quantitative estimate of drug-likeness (QED) is 0.697. The van der Waals surface area contributed by atoms with Crippen LogP contribution in [0.3, 0.4) is 0 Å². The molecule has 1 atom stereocenters. The Hall–Kier alpha value is -2.95. The van der Waals surface area contributed by atoms with Crippen molar-refractivity contribution in [2.24, 2.45) is 0 Å². The van der Waals surface area contributed by atoms with Crippen molar-refractivity contribution in [3.63, 3.8) is 0 Å². The summed E-state index contributed by atoms with van der Waals surface area (Å²) >= 11 is 0. The van der Waals surface area contributed by atoms with Gasteiger partial charge in [-0.15, -0.1) is 5.10 Å². The zero-order valence-corrected chi connectivity index (χ0v) is 12.4. The van der Waals surface area contributed by atoms with Gasteiger partial charge in [-0.05, 0) is 28.6 Å². The van der Waals surface area contributed by atoms with E-state index in [0.717, 1.165) is 35.5 Å². The Morgan fingerprint density at radius 2 is 1.84 bits per heavy atom. The number of benzene rings is 1. The number of hydrogen-bond acceptors (Lipinski definition) is 6. The number of nitrogens with zero attached hydrogens (tertiary/aromatic N) is 6. The highest BCUT2D eigenvalue weighted by atomic mass is 19.3. The summed E-state index contributed by atoms with van der Waals surface area (Å²) < 4.78 is 58.2. The molecule has 0 aliphatic heterocycles. The minimum atomic E-state index is -4.14. The fourth-order valence-corrected chi connectivity index (χ4v) is 2.31. The molecular weight excluding hydrogens is 344 g/mol. The van der Waals surface area contributed by atoms with Gasteiger partial charge in [-0.3, -0.25) is 0 Å². The predicted octanol–water partition coefficient (Wildman–Crippen LogP) is 1.42. The smallest absolute Gasteiger partial charge is 0.340 e. The van der Waals surface area contributed by atoms with Gasteiger partial charge in [0.2, 0.25) is 5.82 Å². The van der Waals surface area contributed by atoms with E-state index in [1.165, 1.54) is 6.07 Å². The number of aliphatic hydroxyl groups is 1. The topological polar surface area (TPSA) is 89.6 Å². The van der Waals surface area contributed by atoms with Crippen LogP contribution in [0.1, 0.15) is 11.4 Å². The fraction of sp³-hybridized carbons (Fsp3) is 0.214. The molecule has 0 saturated heterocycles. The monoisotopic (exact) mass is 354 g/mol. The summed E-state index contributed by atoms with van der Waals surface area (Å²) in [6, 6.07) is 3.18. The van der Waals surface area contributed by atoms with Crippen LogP contribution in [0.15, 0.2) is 43.0 Å². The first-order chi connectivity index (χ1) is 11.8. The summed E-state index contributed by atoms with van der Waals surface area (Å²) in [5, 5.41) is 20.8. The number of halogens is 4. The van der Waals surface area contributed by atoms with Gasteiger partial charge in [-0.2, -0.15) is 8.78 Å². The molecule has 0 fully saturated rings. The zero-order valence-electron chi connectivity index (χ0n) is 12.4. The van der Waals surface area contributed by atoms with E-state index in [4.69, 9.17) is 0 Å². The summed E-state index contributed by atoms with van der Waals surface area (Å²) in [7, 11) is 0. The molecule has 25 heavy (non-hydrogen) atoms. The van der Waals surface area contributed by atoms with Crippen LogP contribution >= 0.6 is 0 Å². The molecule has 0 spiro atoms. The summed E-state index contributed by atoms with van der Waals surface area (Å²) in [5.41, 5.74) is -4.02. The lowest BCUT2D eigenvalue weighted by atomic mass is 9.86. The van der Waals surface area contributed by atoms with Crippen LogP contribution in [-0.4, -0.2) is 35.3 Å². The van der Waals surface area contributed by atoms with Crippen LogP contribution in [0, 0.1) is 11.6 Å². The van der Waals surface area contributed by atoms with Crippen LogP contribution in [0.5, 0.6) is 0 Å². The molecule has 1 N–H and O–H groups in total. The molecule has 7 nitrogen and oxygen atoms in total. The van der Waals surface area contributed by atoms with Crippen molar-refractivity contribution in [3.8, 4) is 0 Å². The lowest BCUT2D eigenvalue weighted by Crippen LogP contribution is -2.48. The maximum absolute atomic E-state index is 15.0. The van der Waals surface area contributed by atoms with Gasteiger partial charge >= 0.3 is 5.92 Å². The second-order valence-corrected chi connectivity index (χ2v) is 5.14. The number of aromatic nitrogens is 6. The normalized spacial score (nSPS) is 14.3. The Morgan fingerprint density at radius 3 is 2.44 bits per heavy atom. The molecular formula is C14H10F4N6O. The molecule has 0 aliphatic carbocycles. The minimum absolute atomic E-state index is 0.391. The molecule has 0 radical (unpaired) electrons. The Kier molecular flexibility index (Phi) is 4.17. The third-order valence-electron chi connectivity index (χ3n) is 3.53. The summed E-state index contributed by atoms with van der Waals surface area (Å²) in [4.78, 5) is 6.88. The number of alkyl halides is 2. The molecule has 130 valence electrons. The molecule has 0 amide bonds. The lowest BCUT2D eigenvalue weighted by molar-refractivity contribution is -0.210. The molecule has 3 aromatic rings. The number of rotatable bonds is 5. The van der Waals surface area contributed by atoms with Gasteiger partial charge in [0.1, 0.15) is 18.0 Å². The molecule has 11 heteroatoms. The van der Waals surface area contributed by atoms with E-state index >= 15 is 8.78 Å². The Morgan fingerprint density at radius 1 is 1.12 bits per heavy atom. The summed E-state index contributed by atoms with van der Waals surface area (Å²) in [6.07, 6.45) is 3.07. The molecule has 2 aromatic heterocycles. The zero-order chi connectivity index (χ0) is 18.1. The van der Waals surface area contributed by atoms with E-state index < -0.39 is 41.1 Å². The fourth-order valence-electron chi connectivity index (χ4n) is 2.31. The van der Waals surface area contributed by atoms with Gasteiger partial charge in [0.15, 0.2) is 5.60 Å². The third kappa shape index (κ3) is 2.93. The Bertz CT molecular complexity index is 861. The van der Waals surface area contributed by atoms with E-state index in [2.05, 4.69) is 25.5 Å². The van der Waals surface area contributed by atoms with Crippen LogP contribution in [0.4, 0.5) is 17.6 Å². The van der Waals surface area contributed by atoms with E-state index in [1.54, 1.807) is 0 Å². The van der Waals surface area contributed by atoms with Crippen molar-refractivity contribution in [1.82, 2.24) is 30.2 Å². The number of tetrazole rings is 1. The third-order valence-corrected chi connectivity index (χ3v) is 3.53. The van der Waals surface area contributed by atoms with Crippen molar-refractivity contribution in [3.05, 3.63) is 66.0 Å². The van der Waals surface area contributed by atoms with Crippen LogP contribution in [0.25, 0.3) is 0 Å². The number of hydrogen-bond donors (Lipinski definition) is 1. The van der Waals surface area contributed by atoms with Crippen molar-refractivity contribution in [1.29, 1.82) is 0 Å². The summed E-state index contributed by atoms with van der Waals surface area (Å²) in [5.74, 6) is -7.51. The van der Waals surface area contributed by atoms with Crippen molar-refractivity contribution < 1.29 is 22.7 Å². The molecule has 0 saturated carbocycles. The van der Waals surface area contributed by atoms with Gasteiger partial charge in [0.05, 0.1) is 6.54 Å². The first-order valence-electron chi connectivity index (χ1n) is 6.88. The average molecular weight is 354 g/mol. The SMILES string of the molecule is OC(Cn1cnnn1)(c1ccc(F)cc1F)C(F)(F)c1ncccn1. The Labute approximate surface area is 138 Å². The summed E-state index contributed by atoms with van der Waals surface area (Å²) in [6.45, 7) is -0.923. The molecule has 3 rings (SSSR count). The first-order valence-corrected chi connectivity index (χ1v) is 6.88. The second-order valence-electron chi connectivity index (χ2n) is 5.14. The lowest BCUT2D eigenvalue weighted by Gasteiger charge is -2.35. The average Bonchev–Trinajstić information content (AvgIpc) is 3.08. The second kappa shape index (κ2) is 6.16. The van der Waals surface area contributed by atoms with Crippen LogP contribution < -0.4 is 0 Å². The standard InChI is InChI=1S/C14H10F4N6O/c15-9-2-3-10(11(16)6-9)13(25,7-24-8-21-22-23-24)14(17,18)12-19-4-1-5-20-12/h1-6,8,25H,7H2. The van der Waals surface area contributed by atoms with Crippen molar-refractivity contribution in [2.45, 2.75) is 18.1 Å². The van der Waals surface area contributed by atoms with Crippen LogP contribution in [-0.2, 0) is 18.1 Å². The molecule has 0 aliphatic rings. The van der Waals surface area contributed by atoms with E-state index in [-0.39, 0.29) is 0 Å². The molecule has 1 aromatic carbocycles. The van der Waals surface area contributed by atoms with Gasteiger partial charge in [0, 0.05) is 24.0 Å².